The standard InChI is InChI=1S/C36H24N2/c1-21-29-17-18-31(36-35(29)34-28(22(2)38-36)10-6-12-33(34)37-21)24-15-13-23(14-16-24)30-11-5-9-27-19-25-7-3-4-8-26(25)20-32(27)30/h3-20H,1-2H3. The Hall–Kier alpha value is -4.82. The molecule has 0 aliphatic heterocycles. The summed E-state index contributed by atoms with van der Waals surface area (Å²) < 4.78 is 0. The van der Waals surface area contributed by atoms with Crippen LogP contribution in [0.25, 0.3) is 76.4 Å². The summed E-state index contributed by atoms with van der Waals surface area (Å²) in [6, 6.07) is 39.5. The quantitative estimate of drug-likeness (QED) is 0.180. The Balaban J connectivity index is 1.32. The molecule has 2 heterocycles. The Kier molecular flexibility index (Phi) is 4.39. The minimum atomic E-state index is 1.04. The van der Waals surface area contributed by atoms with E-state index in [2.05, 4.69) is 123 Å². The molecular weight excluding hydrogens is 460 g/mol. The largest absolute Gasteiger partial charge is 0.252 e. The third kappa shape index (κ3) is 3.01. The van der Waals surface area contributed by atoms with Crippen molar-refractivity contribution in [3.05, 3.63) is 121 Å². The topological polar surface area (TPSA) is 25.8 Å². The Labute approximate surface area is 220 Å². The summed E-state index contributed by atoms with van der Waals surface area (Å²) in [5.41, 5.74) is 9.00. The molecule has 0 spiro atoms. The van der Waals surface area contributed by atoms with Crippen LogP contribution in [-0.2, 0) is 0 Å². The number of aryl methyl sites for hydroxylation is 2. The average Bonchev–Trinajstić information content (AvgIpc) is 2.95. The normalized spacial score (nSPS) is 11.9. The fourth-order valence-electron chi connectivity index (χ4n) is 6.21. The molecule has 178 valence electrons. The third-order valence-electron chi connectivity index (χ3n) is 8.07. The molecule has 0 amide bonds. The minimum Gasteiger partial charge on any atom is -0.252 e. The van der Waals surface area contributed by atoms with Crippen molar-refractivity contribution in [2.75, 3.05) is 0 Å². The van der Waals surface area contributed by atoms with Crippen LogP contribution >= 0.6 is 0 Å². The van der Waals surface area contributed by atoms with Gasteiger partial charge in [0.2, 0.25) is 0 Å². The fourth-order valence-corrected chi connectivity index (χ4v) is 6.21. The van der Waals surface area contributed by atoms with Crippen molar-refractivity contribution in [2.24, 2.45) is 0 Å². The lowest BCUT2D eigenvalue weighted by Crippen LogP contribution is -1.97. The third-order valence-corrected chi connectivity index (χ3v) is 8.07. The van der Waals surface area contributed by atoms with Gasteiger partial charge in [0.25, 0.3) is 0 Å². The maximum Gasteiger partial charge on any atom is 0.0797 e. The van der Waals surface area contributed by atoms with Gasteiger partial charge in [-0.15, -0.1) is 0 Å². The van der Waals surface area contributed by atoms with Crippen LogP contribution in [0, 0.1) is 13.8 Å². The molecule has 2 heteroatoms. The summed E-state index contributed by atoms with van der Waals surface area (Å²) in [5, 5.41) is 9.89. The van der Waals surface area contributed by atoms with Gasteiger partial charge in [-0.2, -0.15) is 0 Å². The zero-order chi connectivity index (χ0) is 25.4. The van der Waals surface area contributed by atoms with Crippen LogP contribution in [0.4, 0.5) is 0 Å². The molecule has 0 saturated heterocycles. The lowest BCUT2D eigenvalue weighted by atomic mass is 9.92. The van der Waals surface area contributed by atoms with E-state index in [4.69, 9.17) is 9.97 Å². The number of nitrogens with zero attached hydrogens (tertiary/aromatic N) is 2. The van der Waals surface area contributed by atoms with Gasteiger partial charge in [-0.05, 0) is 70.3 Å². The number of fused-ring (bicyclic) bond motifs is 2. The lowest BCUT2D eigenvalue weighted by molar-refractivity contribution is 1.26. The monoisotopic (exact) mass is 484 g/mol. The molecule has 0 radical (unpaired) electrons. The van der Waals surface area contributed by atoms with Gasteiger partial charge in [0.05, 0.1) is 11.0 Å². The van der Waals surface area contributed by atoms with E-state index in [0.717, 1.165) is 28.0 Å². The van der Waals surface area contributed by atoms with Crippen LogP contribution in [0.1, 0.15) is 11.4 Å². The van der Waals surface area contributed by atoms with E-state index < -0.39 is 0 Å². The van der Waals surface area contributed by atoms with E-state index >= 15 is 0 Å². The van der Waals surface area contributed by atoms with E-state index in [1.165, 1.54) is 59.8 Å². The molecule has 0 aliphatic rings. The number of rotatable bonds is 2. The highest BCUT2D eigenvalue weighted by atomic mass is 14.7. The van der Waals surface area contributed by atoms with Crippen molar-refractivity contribution in [1.82, 2.24) is 9.97 Å². The van der Waals surface area contributed by atoms with Crippen molar-refractivity contribution >= 4 is 54.1 Å². The van der Waals surface area contributed by atoms with E-state index in [1.807, 2.05) is 0 Å². The van der Waals surface area contributed by atoms with Gasteiger partial charge in [0.1, 0.15) is 0 Å². The fraction of sp³-hybridized carbons (Fsp3) is 0.0556. The molecule has 0 atom stereocenters. The van der Waals surface area contributed by atoms with Crippen LogP contribution in [0.5, 0.6) is 0 Å². The highest BCUT2D eigenvalue weighted by Gasteiger charge is 2.17. The molecule has 2 aromatic heterocycles. The van der Waals surface area contributed by atoms with Crippen LogP contribution in [-0.4, -0.2) is 9.97 Å². The minimum absolute atomic E-state index is 1.04. The maximum atomic E-state index is 5.15. The predicted molar refractivity (Wildman–Crippen MR) is 161 cm³/mol. The molecule has 38 heavy (non-hydrogen) atoms. The second-order valence-corrected chi connectivity index (χ2v) is 10.3. The molecule has 0 N–H and O–H groups in total. The number of benzene rings is 6. The molecule has 8 aromatic rings. The average molecular weight is 485 g/mol. The van der Waals surface area contributed by atoms with Crippen LogP contribution in [0.3, 0.4) is 0 Å². The molecule has 2 nitrogen and oxygen atoms in total. The van der Waals surface area contributed by atoms with Gasteiger partial charge in [-0.3, -0.25) is 9.97 Å². The molecule has 0 aliphatic carbocycles. The number of hydrogen-bond donors (Lipinski definition) is 0. The summed E-state index contributed by atoms with van der Waals surface area (Å²) in [6.45, 7) is 4.20. The van der Waals surface area contributed by atoms with Gasteiger partial charge >= 0.3 is 0 Å². The van der Waals surface area contributed by atoms with E-state index in [1.54, 1.807) is 0 Å². The van der Waals surface area contributed by atoms with Crippen LogP contribution < -0.4 is 0 Å². The Morgan fingerprint density at radius 1 is 0.447 bits per heavy atom. The van der Waals surface area contributed by atoms with E-state index in [9.17, 15) is 0 Å². The van der Waals surface area contributed by atoms with Crippen molar-refractivity contribution in [1.29, 1.82) is 0 Å². The Morgan fingerprint density at radius 2 is 1.11 bits per heavy atom. The predicted octanol–water partition coefficient (Wildman–Crippen LogP) is 9.63. The van der Waals surface area contributed by atoms with Gasteiger partial charge in [0, 0.05) is 38.5 Å². The first-order valence-corrected chi connectivity index (χ1v) is 13.1. The molecule has 0 fully saturated rings. The van der Waals surface area contributed by atoms with Gasteiger partial charge in [-0.1, -0.05) is 91.0 Å². The summed E-state index contributed by atoms with van der Waals surface area (Å²) in [4.78, 5) is 10.1. The molecule has 6 aromatic carbocycles. The van der Waals surface area contributed by atoms with Crippen LogP contribution in [0.15, 0.2) is 109 Å². The number of aromatic nitrogens is 2. The van der Waals surface area contributed by atoms with Gasteiger partial charge in [-0.25, -0.2) is 0 Å². The first-order chi connectivity index (χ1) is 18.7. The lowest BCUT2D eigenvalue weighted by Gasteiger charge is -2.16. The van der Waals surface area contributed by atoms with Gasteiger partial charge in [0.15, 0.2) is 0 Å². The Morgan fingerprint density at radius 3 is 1.92 bits per heavy atom. The molecule has 0 saturated carbocycles. The zero-order valence-corrected chi connectivity index (χ0v) is 21.3. The first kappa shape index (κ1) is 21.3. The van der Waals surface area contributed by atoms with Crippen molar-refractivity contribution in [3.8, 4) is 22.3 Å². The second-order valence-electron chi connectivity index (χ2n) is 10.3. The maximum absolute atomic E-state index is 5.15. The van der Waals surface area contributed by atoms with E-state index in [-0.39, 0.29) is 0 Å². The summed E-state index contributed by atoms with van der Waals surface area (Å²) >= 11 is 0. The molecule has 0 bridgehead atoms. The summed E-state index contributed by atoms with van der Waals surface area (Å²) in [7, 11) is 0. The molecule has 8 rings (SSSR count). The zero-order valence-electron chi connectivity index (χ0n) is 21.3. The number of hydrogen-bond acceptors (Lipinski definition) is 2. The van der Waals surface area contributed by atoms with Crippen molar-refractivity contribution < 1.29 is 0 Å². The van der Waals surface area contributed by atoms with Crippen molar-refractivity contribution in [2.45, 2.75) is 13.8 Å². The highest BCUT2D eigenvalue weighted by Crippen LogP contribution is 2.40. The summed E-state index contributed by atoms with van der Waals surface area (Å²) in [6.07, 6.45) is 0. The van der Waals surface area contributed by atoms with Gasteiger partial charge < -0.3 is 0 Å². The highest BCUT2D eigenvalue weighted by molar-refractivity contribution is 6.24. The first-order valence-electron chi connectivity index (χ1n) is 13.1. The van der Waals surface area contributed by atoms with Crippen molar-refractivity contribution in [3.63, 3.8) is 0 Å². The molecule has 0 unspecified atom stereocenters. The smallest absolute Gasteiger partial charge is 0.0797 e. The summed E-state index contributed by atoms with van der Waals surface area (Å²) in [5.74, 6) is 0. The second kappa shape index (κ2) is 7.84. The van der Waals surface area contributed by atoms with E-state index in [0.29, 0.717) is 0 Å². The Bertz CT molecular complexity index is 2190. The van der Waals surface area contributed by atoms with Crippen LogP contribution in [0.2, 0.25) is 0 Å². The number of pyridine rings is 2. The molecular formula is C36H24N2. The SMILES string of the molecule is Cc1nc2c(-c3ccc(-c4cccc5cc6ccccc6cc45)cc3)ccc3c(C)nc4cccc1c4c32.